The molecule has 70 heavy (non-hydrogen) atoms. The summed E-state index contributed by atoms with van der Waals surface area (Å²) in [5, 5.41) is 12.9. The summed E-state index contributed by atoms with van der Waals surface area (Å²) in [6.45, 7) is 0. The van der Waals surface area contributed by atoms with E-state index in [1.165, 1.54) is 114 Å². The predicted molar refractivity (Wildman–Crippen MR) is 310 cm³/mol. The van der Waals surface area contributed by atoms with E-state index in [1.54, 1.807) is 0 Å². The molecule has 6 heteroatoms. The molecule has 15 aromatic rings. The maximum atomic E-state index is 2.53. The first-order chi connectivity index (χ1) is 34.7. The van der Waals surface area contributed by atoms with Crippen LogP contribution in [0.5, 0.6) is 0 Å². The third-order valence-electron chi connectivity index (χ3n) is 14.0. The van der Waals surface area contributed by atoms with E-state index in [1.807, 2.05) is 45.3 Å². The van der Waals surface area contributed by atoms with Crippen molar-refractivity contribution in [3.05, 3.63) is 231 Å². The first kappa shape index (κ1) is 40.1. The van der Waals surface area contributed by atoms with Gasteiger partial charge in [0.1, 0.15) is 0 Å². The van der Waals surface area contributed by atoms with Crippen LogP contribution in [0.1, 0.15) is 0 Å². The summed E-state index contributed by atoms with van der Waals surface area (Å²) >= 11 is 7.55. The van der Waals surface area contributed by atoms with E-state index in [9.17, 15) is 0 Å². The van der Waals surface area contributed by atoms with Gasteiger partial charge in [0.2, 0.25) is 0 Å². The van der Waals surface area contributed by atoms with Crippen LogP contribution in [0.15, 0.2) is 231 Å². The lowest BCUT2D eigenvalue weighted by atomic mass is 10.0. The second-order valence-electron chi connectivity index (χ2n) is 17.9. The number of hydrogen-bond donors (Lipinski definition) is 0. The molecule has 0 saturated heterocycles. The Morgan fingerprint density at radius 1 is 0.229 bits per heavy atom. The Labute approximate surface area is 419 Å². The molecular weight excluding hydrogens is 925 g/mol. The Kier molecular flexibility index (Phi) is 9.08. The summed E-state index contributed by atoms with van der Waals surface area (Å²) in [5.74, 6) is 0. The van der Waals surface area contributed by atoms with Gasteiger partial charge < -0.3 is 9.80 Å². The molecule has 0 fully saturated rings. The number of thiophene rings is 4. The van der Waals surface area contributed by atoms with Crippen molar-refractivity contribution in [3.63, 3.8) is 0 Å². The molecule has 4 aromatic heterocycles. The first-order valence-electron chi connectivity index (χ1n) is 23.6. The molecule has 0 radical (unpaired) electrons. The summed E-state index contributed by atoms with van der Waals surface area (Å²) in [5.41, 5.74) is 9.26. The number of fused-ring (bicyclic) bond motifs is 14. The van der Waals surface area contributed by atoms with Crippen LogP contribution in [0, 0.1) is 0 Å². The monoisotopic (exact) mass is 962 g/mol. The molecule has 15 rings (SSSR count). The highest BCUT2D eigenvalue weighted by atomic mass is 32.1. The summed E-state index contributed by atoms with van der Waals surface area (Å²) in [7, 11) is 0. The number of nitrogens with zero attached hydrogens (tertiary/aromatic N) is 2. The smallest absolute Gasteiger partial charge is 0.0640 e. The predicted octanol–water partition coefficient (Wildman–Crippen LogP) is 20.9. The van der Waals surface area contributed by atoms with Crippen LogP contribution in [0.2, 0.25) is 0 Å². The minimum Gasteiger partial charge on any atom is -0.308 e. The second kappa shape index (κ2) is 15.9. The van der Waals surface area contributed by atoms with Gasteiger partial charge in [-0.1, -0.05) is 164 Å². The fourth-order valence-corrected chi connectivity index (χ4v) is 15.8. The quantitative estimate of drug-likeness (QED) is 0.157. The van der Waals surface area contributed by atoms with Crippen molar-refractivity contribution >= 4 is 171 Å². The van der Waals surface area contributed by atoms with Gasteiger partial charge in [-0.15, -0.1) is 45.3 Å². The number of benzene rings is 11. The highest BCUT2D eigenvalue weighted by molar-refractivity contribution is 7.28. The molecule has 0 unspecified atom stereocenters. The average Bonchev–Trinajstić information content (AvgIpc) is 4.21. The lowest BCUT2D eigenvalue weighted by Gasteiger charge is -2.28. The SMILES string of the molecule is c1cc(-c2cccc(N(c3cccc4c3sc3ccccc34)c3cccc4c3sc3c5ccccc5ccc43)c2)cc(N(c2cccc3c2sc2ccccc23)c2cccc3c2sc2ccccc23)c1. The zero-order valence-electron chi connectivity index (χ0n) is 37.5. The number of rotatable bonds is 7. The first-order valence-corrected chi connectivity index (χ1v) is 26.8. The van der Waals surface area contributed by atoms with E-state index in [0.29, 0.717) is 0 Å². The van der Waals surface area contributed by atoms with Crippen LogP contribution >= 0.6 is 45.3 Å². The van der Waals surface area contributed by atoms with Crippen LogP contribution < -0.4 is 9.80 Å². The van der Waals surface area contributed by atoms with Crippen molar-refractivity contribution < 1.29 is 0 Å². The van der Waals surface area contributed by atoms with Gasteiger partial charge in [0.15, 0.2) is 0 Å². The maximum absolute atomic E-state index is 2.53. The highest BCUT2D eigenvalue weighted by Gasteiger charge is 2.25. The van der Waals surface area contributed by atoms with Crippen molar-refractivity contribution in [1.29, 1.82) is 0 Å². The fraction of sp³-hybridized carbons (Fsp3) is 0. The van der Waals surface area contributed by atoms with Crippen LogP contribution in [-0.2, 0) is 0 Å². The molecule has 0 bridgehead atoms. The van der Waals surface area contributed by atoms with E-state index in [0.717, 1.165) is 22.5 Å². The molecule has 0 spiro atoms. The van der Waals surface area contributed by atoms with E-state index in [4.69, 9.17) is 0 Å². The van der Waals surface area contributed by atoms with Crippen LogP contribution in [0.4, 0.5) is 34.1 Å². The van der Waals surface area contributed by atoms with Crippen LogP contribution in [0.25, 0.3) is 103 Å². The molecule has 0 amide bonds. The van der Waals surface area contributed by atoms with Gasteiger partial charge in [-0.25, -0.2) is 0 Å². The Morgan fingerprint density at radius 2 is 0.571 bits per heavy atom. The fourth-order valence-electron chi connectivity index (χ4n) is 10.9. The molecule has 0 aliphatic heterocycles. The van der Waals surface area contributed by atoms with Crippen LogP contribution in [-0.4, -0.2) is 0 Å². The molecule has 0 saturated carbocycles. The van der Waals surface area contributed by atoms with Crippen molar-refractivity contribution in [2.75, 3.05) is 9.80 Å². The average molecular weight is 963 g/mol. The molecule has 328 valence electrons. The van der Waals surface area contributed by atoms with Crippen molar-refractivity contribution in [2.24, 2.45) is 0 Å². The third-order valence-corrected chi connectivity index (χ3v) is 18.9. The third kappa shape index (κ3) is 6.14. The van der Waals surface area contributed by atoms with Crippen molar-refractivity contribution in [2.45, 2.75) is 0 Å². The molecule has 2 nitrogen and oxygen atoms in total. The van der Waals surface area contributed by atoms with E-state index < -0.39 is 0 Å². The van der Waals surface area contributed by atoms with Crippen LogP contribution in [0.3, 0.4) is 0 Å². The van der Waals surface area contributed by atoms with Gasteiger partial charge >= 0.3 is 0 Å². The summed E-state index contributed by atoms with van der Waals surface area (Å²) in [6, 6.07) is 85.6. The van der Waals surface area contributed by atoms with Crippen molar-refractivity contribution in [3.8, 4) is 11.1 Å². The van der Waals surface area contributed by atoms with Gasteiger partial charge in [0.25, 0.3) is 0 Å². The summed E-state index contributed by atoms with van der Waals surface area (Å²) < 4.78 is 10.3. The topological polar surface area (TPSA) is 6.48 Å². The number of hydrogen-bond acceptors (Lipinski definition) is 6. The van der Waals surface area contributed by atoms with E-state index in [-0.39, 0.29) is 0 Å². The largest absolute Gasteiger partial charge is 0.308 e. The molecule has 4 heterocycles. The van der Waals surface area contributed by atoms with Crippen molar-refractivity contribution in [1.82, 2.24) is 0 Å². The van der Waals surface area contributed by atoms with Gasteiger partial charge in [-0.2, -0.15) is 0 Å². The molecule has 0 atom stereocenters. The molecular formula is C64H38N2S4. The zero-order chi connectivity index (χ0) is 45.9. The number of anilines is 6. The maximum Gasteiger partial charge on any atom is 0.0640 e. The molecule has 0 aliphatic carbocycles. The van der Waals surface area contributed by atoms with Gasteiger partial charge in [0, 0.05) is 73.3 Å². The van der Waals surface area contributed by atoms with Gasteiger partial charge in [-0.05, 0) is 88.6 Å². The Hall–Kier alpha value is -7.84. The molecule has 0 N–H and O–H groups in total. The van der Waals surface area contributed by atoms with Gasteiger partial charge in [-0.3, -0.25) is 0 Å². The lowest BCUT2D eigenvalue weighted by Crippen LogP contribution is -2.11. The minimum atomic E-state index is 1.12. The molecule has 0 aliphatic rings. The van der Waals surface area contributed by atoms with E-state index >= 15 is 0 Å². The minimum absolute atomic E-state index is 1.12. The van der Waals surface area contributed by atoms with Gasteiger partial charge in [0.05, 0.1) is 41.5 Å². The second-order valence-corrected chi connectivity index (χ2v) is 22.1. The highest BCUT2D eigenvalue weighted by Crippen LogP contribution is 2.52. The Morgan fingerprint density at radius 3 is 1.03 bits per heavy atom. The Balaban J connectivity index is 0.943. The van der Waals surface area contributed by atoms with E-state index in [2.05, 4.69) is 240 Å². The lowest BCUT2D eigenvalue weighted by molar-refractivity contribution is 1.31. The summed E-state index contributed by atoms with van der Waals surface area (Å²) in [6.07, 6.45) is 0. The normalized spacial score (nSPS) is 12.0. The Bertz CT molecular complexity index is 4470. The zero-order valence-corrected chi connectivity index (χ0v) is 40.7. The molecule has 11 aromatic carbocycles. The summed E-state index contributed by atoms with van der Waals surface area (Å²) in [4.78, 5) is 5.05. The standard InChI is InChI=1S/C64H38N2S4/c1-2-20-44-39(15-1)35-36-52-51-27-14-31-56(64(51)70-60(44)52)66(55-30-13-26-50-47-23-5-8-34-59(47)69-63(50)55)43-19-10-17-41(38-43)40-16-9-18-42(37-40)65(53-28-11-24-48-45-21-3-6-32-57(45)67-61(48)53)54-29-12-25-49-46-22-4-7-33-58(46)68-62(49)54/h1-38H.